The number of ether oxygens (including phenoxy) is 1. The van der Waals surface area contributed by atoms with Crippen molar-refractivity contribution < 1.29 is 32.6 Å². The maximum Gasteiger partial charge on any atom is 0.336 e. The Morgan fingerprint density at radius 2 is 1.55 bits per heavy atom. The number of amides is 4. The number of hydrazine groups is 1. The van der Waals surface area contributed by atoms with Crippen molar-refractivity contribution in [2.75, 3.05) is 32.1 Å². The number of rotatable bonds is 13. The number of nitrogens with one attached hydrogen (secondary N) is 3. The summed E-state index contributed by atoms with van der Waals surface area (Å²) in [7, 11) is -3.69. The van der Waals surface area contributed by atoms with Crippen molar-refractivity contribution in [1.29, 1.82) is 0 Å². The number of imide groups is 1. The topological polar surface area (TPSA) is 166 Å². The normalized spacial score (nSPS) is 15.1. The highest BCUT2D eigenvalue weighted by Crippen LogP contribution is 2.28. The fourth-order valence-electron chi connectivity index (χ4n) is 4.71. The molecule has 1 saturated heterocycles. The molecule has 1 fully saturated rings. The second kappa shape index (κ2) is 17.9. The number of urea groups is 1. The lowest BCUT2D eigenvalue weighted by molar-refractivity contribution is -0.129. The molecule has 0 aliphatic carbocycles. The molecule has 15 heteroatoms. The maximum absolute atomic E-state index is 13.8. The van der Waals surface area contributed by atoms with Gasteiger partial charge in [0.25, 0.3) is 5.91 Å². The van der Waals surface area contributed by atoms with Crippen molar-refractivity contribution >= 4 is 79.1 Å². The number of carbonyl (C=O) groups excluding carboxylic acids is 3. The zero-order valence-electron chi connectivity index (χ0n) is 25.3. The lowest BCUT2D eigenvalue weighted by Gasteiger charge is -2.27. The number of sulfone groups is 1. The fourth-order valence-corrected chi connectivity index (χ4v) is 7.65. The minimum atomic E-state index is -3.69. The first-order valence-electron chi connectivity index (χ1n) is 14.8. The summed E-state index contributed by atoms with van der Waals surface area (Å²) in [6.07, 6.45) is 1.92. The Hall–Kier alpha value is -3.13. The number of aromatic hydroxyl groups is 1. The highest BCUT2D eigenvalue weighted by molar-refractivity contribution is 14.1. The average molecular weight is 888 g/mol. The molecule has 3 aromatic carbocycles. The summed E-state index contributed by atoms with van der Waals surface area (Å²) in [6.45, 7) is 1.77. The molecule has 0 spiro atoms. The summed E-state index contributed by atoms with van der Waals surface area (Å²) in [5, 5.41) is 16.9. The van der Waals surface area contributed by atoms with Gasteiger partial charge < -0.3 is 15.2 Å². The van der Waals surface area contributed by atoms with Crippen LogP contribution in [0, 0.1) is 7.14 Å². The van der Waals surface area contributed by atoms with E-state index in [9.17, 15) is 27.9 Å². The summed E-state index contributed by atoms with van der Waals surface area (Å²) >= 11 is 3.96. The van der Waals surface area contributed by atoms with Crippen LogP contribution in [0.3, 0.4) is 0 Å². The van der Waals surface area contributed by atoms with Crippen LogP contribution in [0.15, 0.2) is 82.7 Å². The van der Waals surface area contributed by atoms with Crippen molar-refractivity contribution in [3.8, 4) is 5.75 Å². The molecule has 1 aliphatic heterocycles. The van der Waals surface area contributed by atoms with Gasteiger partial charge in [0.05, 0.1) is 31.0 Å². The number of nitrogens with zero attached hydrogens (tertiary/aromatic N) is 2. The fraction of sp³-hybridized carbons (Fsp3) is 0.312. The van der Waals surface area contributed by atoms with Crippen LogP contribution < -0.4 is 16.1 Å². The van der Waals surface area contributed by atoms with Gasteiger partial charge in [-0.2, -0.15) is 0 Å². The van der Waals surface area contributed by atoms with Gasteiger partial charge in [-0.1, -0.05) is 48.5 Å². The monoisotopic (exact) mass is 887 g/mol. The second-order valence-corrected chi connectivity index (χ2v) is 15.0. The first-order chi connectivity index (χ1) is 22.5. The Morgan fingerprint density at radius 3 is 2.19 bits per heavy atom. The molecule has 4 N–H and O–H groups in total. The number of hydrogen-bond donors (Lipinski definition) is 4. The standard InChI is InChI=1S/C32H35I2N5O7S/c33-25-19-23(20-26(34)29(25)40)21-28(31(42)37-32(43)38-39-14-16-46-17-15-39)36-30(41)27(12-11-22-7-3-1-4-8-22)35-13-18-47(44,45)24-9-5-2-6-10-24/h1-10,13,19-20,27-28,40H,11-12,14-18,21H2,(H,36,41)(H2,37,38,42,43). The van der Waals surface area contributed by atoms with Crippen LogP contribution in [-0.4, -0.2) is 86.7 Å². The quantitative estimate of drug-likeness (QED) is 0.150. The van der Waals surface area contributed by atoms with Gasteiger partial charge in [0, 0.05) is 25.7 Å². The van der Waals surface area contributed by atoms with E-state index in [0.717, 1.165) is 5.56 Å². The van der Waals surface area contributed by atoms with Gasteiger partial charge in [-0.05, 0) is 93.4 Å². The molecule has 0 aromatic heterocycles. The number of hydrogen-bond acceptors (Lipinski definition) is 9. The van der Waals surface area contributed by atoms with Crippen molar-refractivity contribution in [3.63, 3.8) is 0 Å². The van der Waals surface area contributed by atoms with E-state index >= 15 is 0 Å². The van der Waals surface area contributed by atoms with E-state index in [2.05, 4.69) is 21.1 Å². The van der Waals surface area contributed by atoms with E-state index < -0.39 is 45.5 Å². The molecule has 1 heterocycles. The third-order valence-corrected chi connectivity index (χ3v) is 10.4. The zero-order valence-corrected chi connectivity index (χ0v) is 30.4. The summed E-state index contributed by atoms with van der Waals surface area (Å²) in [4.78, 5) is 44.5. The van der Waals surface area contributed by atoms with E-state index in [1.165, 1.54) is 18.3 Å². The minimum absolute atomic E-state index is 0.00615. The van der Waals surface area contributed by atoms with Gasteiger partial charge in [-0.15, -0.1) is 0 Å². The van der Waals surface area contributed by atoms with Gasteiger partial charge in [0.15, 0.2) is 9.84 Å². The van der Waals surface area contributed by atoms with Crippen molar-refractivity contribution in [2.45, 2.75) is 36.2 Å². The molecule has 4 rings (SSSR count). The molecule has 1 aliphatic rings. The number of morpholine rings is 1. The molecule has 0 saturated carbocycles. The van der Waals surface area contributed by atoms with Crippen LogP contribution >= 0.6 is 45.2 Å². The lowest BCUT2D eigenvalue weighted by Crippen LogP contribution is -2.57. The molecule has 3 aromatic rings. The Balaban J connectivity index is 1.54. The number of aryl methyl sites for hydroxylation is 1. The first kappa shape index (κ1) is 36.7. The molecule has 0 radical (unpaired) electrons. The summed E-state index contributed by atoms with van der Waals surface area (Å²) in [5.74, 6) is -1.67. The summed E-state index contributed by atoms with van der Waals surface area (Å²) in [6, 6.07) is 17.8. The number of benzene rings is 3. The predicted octanol–water partition coefficient (Wildman–Crippen LogP) is 3.25. The minimum Gasteiger partial charge on any atom is -0.506 e. The van der Waals surface area contributed by atoms with Crippen LogP contribution in [0.25, 0.3) is 0 Å². The van der Waals surface area contributed by atoms with Gasteiger partial charge in [-0.3, -0.25) is 25.3 Å². The molecular weight excluding hydrogens is 852 g/mol. The number of phenolic OH excluding ortho intramolecular Hbond substituents is 1. The van der Waals surface area contributed by atoms with E-state index in [4.69, 9.17) is 4.74 Å². The Morgan fingerprint density at radius 1 is 0.936 bits per heavy atom. The number of phenols is 1. The smallest absolute Gasteiger partial charge is 0.336 e. The molecule has 2 atom stereocenters. The number of halogens is 2. The van der Waals surface area contributed by atoms with Gasteiger partial charge in [0.2, 0.25) is 5.91 Å². The third-order valence-electron chi connectivity index (χ3n) is 7.19. The SMILES string of the molecule is O=C(NC(=O)C(Cc1cc(I)c(O)c(I)c1)NC(=O)C(CCc1ccccc1)N=CCS(=O)(=O)c1ccccc1)NN1CCOCC1. The van der Waals surface area contributed by atoms with Crippen LogP contribution in [0.4, 0.5) is 4.79 Å². The van der Waals surface area contributed by atoms with Crippen LogP contribution in [0.1, 0.15) is 17.5 Å². The highest BCUT2D eigenvalue weighted by atomic mass is 127. The second-order valence-electron chi connectivity index (χ2n) is 10.7. The van der Waals surface area contributed by atoms with Gasteiger partial charge in [-0.25, -0.2) is 18.2 Å². The molecule has 2 unspecified atom stereocenters. The summed E-state index contributed by atoms with van der Waals surface area (Å²) < 4.78 is 32.1. The Kier molecular flexibility index (Phi) is 13.9. The van der Waals surface area contributed by atoms with E-state index in [1.54, 1.807) is 35.3 Å². The van der Waals surface area contributed by atoms with Crippen LogP contribution in [-0.2, 0) is 37.0 Å². The van der Waals surface area contributed by atoms with Crippen LogP contribution in [0.5, 0.6) is 5.75 Å². The first-order valence-corrected chi connectivity index (χ1v) is 18.6. The predicted molar refractivity (Wildman–Crippen MR) is 194 cm³/mol. The molecular formula is C32H35I2N5O7S. The van der Waals surface area contributed by atoms with Crippen molar-refractivity contribution in [2.24, 2.45) is 4.99 Å². The molecule has 47 heavy (non-hydrogen) atoms. The van der Waals surface area contributed by atoms with E-state index in [-0.39, 0.29) is 23.5 Å². The molecule has 0 bridgehead atoms. The van der Waals surface area contributed by atoms with Crippen molar-refractivity contribution in [3.05, 3.63) is 91.1 Å². The van der Waals surface area contributed by atoms with Gasteiger partial charge in [0.1, 0.15) is 17.8 Å². The molecule has 4 amide bonds. The highest BCUT2D eigenvalue weighted by Gasteiger charge is 2.28. The third kappa shape index (κ3) is 11.5. The van der Waals surface area contributed by atoms with Gasteiger partial charge >= 0.3 is 6.03 Å². The zero-order chi connectivity index (χ0) is 33.8. The van der Waals surface area contributed by atoms with E-state index in [0.29, 0.717) is 45.4 Å². The maximum atomic E-state index is 13.8. The Labute approximate surface area is 300 Å². The Bertz CT molecular complexity index is 1650. The average Bonchev–Trinajstić information content (AvgIpc) is 3.06. The molecule has 250 valence electrons. The molecule has 12 nitrogen and oxygen atoms in total. The summed E-state index contributed by atoms with van der Waals surface area (Å²) in [5.41, 5.74) is 4.22. The van der Waals surface area contributed by atoms with Crippen LogP contribution in [0.2, 0.25) is 0 Å². The van der Waals surface area contributed by atoms with E-state index in [1.807, 2.05) is 75.5 Å². The number of aliphatic imine (C=N–C) groups is 1. The number of carbonyl (C=O) groups is 3. The van der Waals surface area contributed by atoms with Crippen molar-refractivity contribution in [1.82, 2.24) is 21.1 Å². The largest absolute Gasteiger partial charge is 0.506 e. The lowest BCUT2D eigenvalue weighted by atomic mass is 10.0.